The molecule has 0 radical (unpaired) electrons. The Bertz CT molecular complexity index is 711. The van der Waals surface area contributed by atoms with Crippen molar-refractivity contribution in [3.05, 3.63) is 42.2 Å². The fourth-order valence-corrected chi connectivity index (χ4v) is 3.70. The molecule has 2 aliphatic rings. The molecule has 0 bridgehead atoms. The van der Waals surface area contributed by atoms with Crippen LogP contribution in [-0.4, -0.2) is 50.2 Å². The minimum absolute atomic E-state index is 0.0875. The number of fused-ring (bicyclic) bond motifs is 1. The molecule has 1 atom stereocenters. The van der Waals surface area contributed by atoms with Gasteiger partial charge in [0, 0.05) is 44.5 Å². The first kappa shape index (κ1) is 16.2. The molecule has 3 heterocycles. The second-order valence-corrected chi connectivity index (χ2v) is 7.19. The lowest BCUT2D eigenvalue weighted by Crippen LogP contribution is -2.39. The van der Waals surface area contributed by atoms with E-state index in [2.05, 4.69) is 30.0 Å². The first-order valence-electron chi connectivity index (χ1n) is 9.05. The lowest BCUT2D eigenvalue weighted by atomic mass is 9.85. The molecule has 7 heteroatoms. The van der Waals surface area contributed by atoms with Crippen molar-refractivity contribution in [1.29, 1.82) is 0 Å². The zero-order chi connectivity index (χ0) is 17.1. The van der Waals surface area contributed by atoms with Crippen molar-refractivity contribution < 1.29 is 4.79 Å². The van der Waals surface area contributed by atoms with Crippen LogP contribution in [0.3, 0.4) is 0 Å². The summed E-state index contributed by atoms with van der Waals surface area (Å²) in [7, 11) is 0. The maximum atomic E-state index is 12.3. The molecule has 2 aromatic rings. The van der Waals surface area contributed by atoms with E-state index >= 15 is 0 Å². The zero-order valence-corrected chi connectivity index (χ0v) is 14.3. The van der Waals surface area contributed by atoms with Crippen LogP contribution in [0.4, 0.5) is 0 Å². The monoisotopic (exact) mass is 340 g/mol. The highest BCUT2D eigenvalue weighted by Crippen LogP contribution is 2.28. The van der Waals surface area contributed by atoms with Crippen molar-refractivity contribution in [3.63, 3.8) is 0 Å². The van der Waals surface area contributed by atoms with Crippen molar-refractivity contribution >= 4 is 5.91 Å². The molecule has 1 amide bonds. The summed E-state index contributed by atoms with van der Waals surface area (Å²) in [5, 5.41) is 10.5. The number of amides is 1. The van der Waals surface area contributed by atoms with Crippen molar-refractivity contribution in [1.82, 2.24) is 30.0 Å². The molecule has 0 aromatic carbocycles. The molecule has 25 heavy (non-hydrogen) atoms. The highest BCUT2D eigenvalue weighted by molar-refractivity contribution is 5.93. The Labute approximate surface area is 147 Å². The molecule has 0 spiro atoms. The van der Waals surface area contributed by atoms with Crippen LogP contribution in [0, 0.1) is 11.8 Å². The summed E-state index contributed by atoms with van der Waals surface area (Å²) in [5.74, 6) is 2.25. The molecule has 0 saturated heterocycles. The topological polar surface area (TPSA) is 75.9 Å². The normalized spacial score (nSPS) is 21.2. The van der Waals surface area contributed by atoms with E-state index in [-0.39, 0.29) is 5.91 Å². The van der Waals surface area contributed by atoms with Gasteiger partial charge in [-0.2, -0.15) is 10.2 Å². The van der Waals surface area contributed by atoms with Gasteiger partial charge in [-0.1, -0.05) is 6.42 Å². The zero-order valence-electron chi connectivity index (χ0n) is 14.3. The summed E-state index contributed by atoms with van der Waals surface area (Å²) in [6.07, 6.45) is 11.0. The van der Waals surface area contributed by atoms with E-state index in [1.54, 1.807) is 12.3 Å². The molecule has 132 valence electrons. The first-order valence-corrected chi connectivity index (χ1v) is 9.05. The molecule has 2 aromatic heterocycles. The van der Waals surface area contributed by atoms with Gasteiger partial charge in [0.1, 0.15) is 5.82 Å². The Morgan fingerprint density at radius 1 is 1.20 bits per heavy atom. The van der Waals surface area contributed by atoms with Gasteiger partial charge in [-0.25, -0.2) is 4.98 Å². The average Bonchev–Trinajstić information content (AvgIpc) is 2.95. The van der Waals surface area contributed by atoms with Crippen LogP contribution in [-0.2, 0) is 13.1 Å². The lowest BCUT2D eigenvalue weighted by molar-refractivity contribution is 0.0936. The molecule has 1 unspecified atom stereocenters. The molecular formula is C18H24N6O. The number of hydrogen-bond donors (Lipinski definition) is 1. The van der Waals surface area contributed by atoms with Gasteiger partial charge in [-0.3, -0.25) is 9.69 Å². The summed E-state index contributed by atoms with van der Waals surface area (Å²) in [6, 6.07) is 1.69. The number of nitrogens with one attached hydrogen (secondary N) is 1. The van der Waals surface area contributed by atoms with Crippen molar-refractivity contribution in [2.75, 3.05) is 19.6 Å². The lowest BCUT2D eigenvalue weighted by Gasteiger charge is -2.32. The third kappa shape index (κ3) is 3.87. The molecular weight excluding hydrogens is 316 g/mol. The van der Waals surface area contributed by atoms with Crippen LogP contribution < -0.4 is 5.32 Å². The Hall–Kier alpha value is -2.28. The van der Waals surface area contributed by atoms with Gasteiger partial charge in [0.25, 0.3) is 5.91 Å². The van der Waals surface area contributed by atoms with Crippen LogP contribution in [0.2, 0.25) is 0 Å². The van der Waals surface area contributed by atoms with Crippen molar-refractivity contribution in [2.45, 2.75) is 32.4 Å². The minimum Gasteiger partial charge on any atom is -0.352 e. The minimum atomic E-state index is -0.0875. The van der Waals surface area contributed by atoms with Gasteiger partial charge in [-0.05, 0) is 24.8 Å². The van der Waals surface area contributed by atoms with Crippen LogP contribution in [0.25, 0.3) is 0 Å². The number of hydrogen-bond acceptors (Lipinski definition) is 5. The van der Waals surface area contributed by atoms with Crippen LogP contribution in [0.15, 0.2) is 30.9 Å². The largest absolute Gasteiger partial charge is 0.352 e. The van der Waals surface area contributed by atoms with Gasteiger partial charge >= 0.3 is 0 Å². The number of imidazole rings is 1. The fourth-order valence-electron chi connectivity index (χ4n) is 3.70. The van der Waals surface area contributed by atoms with Crippen LogP contribution in [0.1, 0.15) is 35.4 Å². The van der Waals surface area contributed by atoms with E-state index in [0.29, 0.717) is 18.0 Å². The number of rotatable bonds is 5. The van der Waals surface area contributed by atoms with E-state index in [1.165, 1.54) is 25.5 Å². The average molecular weight is 340 g/mol. The molecule has 1 N–H and O–H groups in total. The number of carbonyl (C=O) groups is 1. The summed E-state index contributed by atoms with van der Waals surface area (Å²) < 4.78 is 2.23. The third-order valence-electron chi connectivity index (χ3n) is 5.28. The van der Waals surface area contributed by atoms with E-state index in [1.807, 2.05) is 12.4 Å². The molecule has 7 nitrogen and oxygen atoms in total. The molecule has 4 rings (SSSR count). The molecule has 1 aliphatic carbocycles. The Kier molecular flexibility index (Phi) is 4.74. The van der Waals surface area contributed by atoms with E-state index in [0.717, 1.165) is 37.9 Å². The Morgan fingerprint density at radius 2 is 2.12 bits per heavy atom. The van der Waals surface area contributed by atoms with E-state index < -0.39 is 0 Å². The molecule has 1 saturated carbocycles. The highest BCUT2D eigenvalue weighted by atomic mass is 16.1. The number of nitrogens with zero attached hydrogens (tertiary/aromatic N) is 5. The summed E-state index contributed by atoms with van der Waals surface area (Å²) >= 11 is 0. The summed E-state index contributed by atoms with van der Waals surface area (Å²) in [6.45, 7) is 4.59. The van der Waals surface area contributed by atoms with Gasteiger partial charge in [0.15, 0.2) is 0 Å². The van der Waals surface area contributed by atoms with Gasteiger partial charge < -0.3 is 9.88 Å². The Balaban J connectivity index is 1.40. The van der Waals surface area contributed by atoms with Crippen molar-refractivity contribution in [3.8, 4) is 0 Å². The predicted octanol–water partition coefficient (Wildman–Crippen LogP) is 1.33. The second-order valence-electron chi connectivity index (χ2n) is 7.19. The molecule has 1 aliphatic heterocycles. The standard InChI is InChI=1S/C18H24N6O/c25-18(16-4-5-21-22-9-16)20-8-15-11-23(10-14-2-1-3-14)13-17-19-6-7-24(17)12-15/h4-7,9,14-15H,1-3,8,10-13H2,(H,20,25). The summed E-state index contributed by atoms with van der Waals surface area (Å²) in [4.78, 5) is 19.3. The van der Waals surface area contributed by atoms with E-state index in [9.17, 15) is 4.79 Å². The van der Waals surface area contributed by atoms with Crippen LogP contribution >= 0.6 is 0 Å². The Morgan fingerprint density at radius 3 is 2.88 bits per heavy atom. The predicted molar refractivity (Wildman–Crippen MR) is 92.7 cm³/mol. The van der Waals surface area contributed by atoms with Gasteiger partial charge in [0.2, 0.25) is 0 Å². The van der Waals surface area contributed by atoms with Crippen molar-refractivity contribution in [2.24, 2.45) is 11.8 Å². The maximum Gasteiger partial charge on any atom is 0.252 e. The molecule has 1 fully saturated rings. The first-order chi connectivity index (χ1) is 12.3. The fraction of sp³-hybridized carbons (Fsp3) is 0.556. The van der Waals surface area contributed by atoms with E-state index in [4.69, 9.17) is 0 Å². The SMILES string of the molecule is O=C(NCC1CN(CC2CCC2)Cc2nccn2C1)c1ccnnc1. The number of aromatic nitrogens is 4. The second kappa shape index (κ2) is 7.31. The van der Waals surface area contributed by atoms with Gasteiger partial charge in [-0.15, -0.1) is 0 Å². The third-order valence-corrected chi connectivity index (χ3v) is 5.28. The smallest absolute Gasteiger partial charge is 0.252 e. The summed E-state index contributed by atoms with van der Waals surface area (Å²) in [5.41, 5.74) is 0.554. The highest BCUT2D eigenvalue weighted by Gasteiger charge is 2.26. The quantitative estimate of drug-likeness (QED) is 0.889. The maximum absolute atomic E-state index is 12.3. The number of carbonyl (C=O) groups excluding carboxylic acids is 1. The van der Waals surface area contributed by atoms with Gasteiger partial charge in [0.05, 0.1) is 24.5 Å². The van der Waals surface area contributed by atoms with Crippen LogP contribution in [0.5, 0.6) is 0 Å².